The van der Waals surface area contributed by atoms with Crippen LogP contribution in [0, 0.1) is 23.2 Å². The lowest BCUT2D eigenvalue weighted by Crippen LogP contribution is -2.57. The summed E-state index contributed by atoms with van der Waals surface area (Å²) in [5, 5.41) is 13.9. The lowest BCUT2D eigenvalue weighted by Gasteiger charge is -2.56. The second kappa shape index (κ2) is 7.41. The van der Waals surface area contributed by atoms with E-state index in [0.29, 0.717) is 30.7 Å². The van der Waals surface area contributed by atoms with E-state index in [4.69, 9.17) is 5.11 Å². The van der Waals surface area contributed by atoms with Gasteiger partial charge in [-0.15, -0.1) is 0 Å². The summed E-state index contributed by atoms with van der Waals surface area (Å²) < 4.78 is 0. The number of hydrogen-bond donors (Lipinski definition) is 3. The van der Waals surface area contributed by atoms with Gasteiger partial charge in [0.15, 0.2) is 0 Å². The molecular formula is C20H31N3O4. The van der Waals surface area contributed by atoms with Crippen LogP contribution in [-0.4, -0.2) is 60.0 Å². The Kier molecular flexibility index (Phi) is 5.14. The van der Waals surface area contributed by atoms with Crippen LogP contribution < -0.4 is 10.6 Å². The average Bonchev–Trinajstić information content (AvgIpc) is 3.12. The molecule has 5 rings (SSSR count). The number of nitrogens with zero attached hydrogens (tertiary/aromatic N) is 1. The normalized spacial score (nSPS) is 36.7. The van der Waals surface area contributed by atoms with E-state index in [1.807, 2.05) is 4.90 Å². The molecule has 4 saturated carbocycles. The number of nitrogens with one attached hydrogen (secondary N) is 2. The van der Waals surface area contributed by atoms with E-state index in [-0.39, 0.29) is 42.8 Å². The zero-order valence-corrected chi connectivity index (χ0v) is 15.9. The third-order valence-electron chi connectivity index (χ3n) is 7.17. The van der Waals surface area contributed by atoms with Crippen molar-refractivity contribution in [2.75, 3.05) is 26.2 Å². The van der Waals surface area contributed by atoms with Gasteiger partial charge in [0.05, 0.1) is 18.6 Å². The van der Waals surface area contributed by atoms with Crippen LogP contribution in [-0.2, 0) is 14.4 Å². The zero-order chi connectivity index (χ0) is 19.0. The second-order valence-electron chi connectivity index (χ2n) is 9.15. The fourth-order valence-electron chi connectivity index (χ4n) is 6.50. The van der Waals surface area contributed by atoms with Crippen LogP contribution in [0.4, 0.5) is 0 Å². The van der Waals surface area contributed by atoms with Crippen molar-refractivity contribution >= 4 is 17.7 Å². The van der Waals surface area contributed by atoms with Crippen LogP contribution in [0.2, 0.25) is 0 Å². The fraction of sp³-hybridized carbons (Fsp3) is 0.850. The van der Waals surface area contributed by atoms with Gasteiger partial charge in [-0.1, -0.05) is 0 Å². The Hall–Kier alpha value is -1.63. The molecule has 3 amide bonds. The minimum Gasteiger partial charge on any atom is -0.395 e. The number of aliphatic hydroxyl groups is 1. The van der Waals surface area contributed by atoms with Gasteiger partial charge in [0.25, 0.3) is 0 Å². The molecule has 7 heteroatoms. The highest BCUT2D eigenvalue weighted by Gasteiger charge is 2.56. The van der Waals surface area contributed by atoms with E-state index < -0.39 is 6.04 Å². The predicted molar refractivity (Wildman–Crippen MR) is 98.4 cm³/mol. The van der Waals surface area contributed by atoms with Gasteiger partial charge in [0.1, 0.15) is 6.04 Å². The Labute approximate surface area is 160 Å². The van der Waals surface area contributed by atoms with E-state index in [9.17, 15) is 14.4 Å². The monoisotopic (exact) mass is 377 g/mol. The highest BCUT2D eigenvalue weighted by molar-refractivity contribution is 5.92. The van der Waals surface area contributed by atoms with Crippen LogP contribution >= 0.6 is 0 Å². The summed E-state index contributed by atoms with van der Waals surface area (Å²) in [5.41, 5.74) is -0.226. The van der Waals surface area contributed by atoms with E-state index in [2.05, 4.69) is 10.6 Å². The summed E-state index contributed by atoms with van der Waals surface area (Å²) in [4.78, 5) is 39.6. The molecule has 1 aliphatic heterocycles. The lowest BCUT2D eigenvalue weighted by molar-refractivity contribution is -0.160. The number of likely N-dealkylation sites (tertiary alicyclic amines) is 1. The van der Waals surface area contributed by atoms with Gasteiger partial charge in [0.2, 0.25) is 17.7 Å². The average molecular weight is 377 g/mol. The van der Waals surface area contributed by atoms with Crippen molar-refractivity contribution in [1.82, 2.24) is 15.5 Å². The summed E-state index contributed by atoms with van der Waals surface area (Å²) >= 11 is 0. The first-order valence-corrected chi connectivity index (χ1v) is 10.5. The predicted octanol–water partition coefficient (Wildman–Crippen LogP) is 0.419. The van der Waals surface area contributed by atoms with E-state index in [1.165, 1.54) is 19.3 Å². The SMILES string of the molecule is O=C(CNC(=O)C1CCCN1C(=O)C12CC3CC(CC(C3)C1)C2)NCCO. The largest absolute Gasteiger partial charge is 0.395 e. The van der Waals surface area contributed by atoms with Crippen molar-refractivity contribution in [2.45, 2.75) is 57.4 Å². The maximum Gasteiger partial charge on any atom is 0.243 e. The molecule has 4 aliphatic carbocycles. The Bertz CT molecular complexity index is 585. The van der Waals surface area contributed by atoms with Gasteiger partial charge in [-0.05, 0) is 69.1 Å². The molecule has 0 aromatic rings. The van der Waals surface area contributed by atoms with Crippen LogP contribution in [0.25, 0.3) is 0 Å². The molecule has 1 saturated heterocycles. The first-order chi connectivity index (χ1) is 13.0. The number of aliphatic hydroxyl groups excluding tert-OH is 1. The van der Waals surface area contributed by atoms with Crippen molar-refractivity contribution in [1.29, 1.82) is 0 Å². The van der Waals surface area contributed by atoms with Crippen molar-refractivity contribution in [2.24, 2.45) is 23.2 Å². The van der Waals surface area contributed by atoms with Crippen molar-refractivity contribution in [3.63, 3.8) is 0 Å². The maximum absolute atomic E-state index is 13.5. The third kappa shape index (κ3) is 3.58. The lowest BCUT2D eigenvalue weighted by atomic mass is 9.49. The molecule has 5 aliphatic rings. The molecule has 7 nitrogen and oxygen atoms in total. The minimum absolute atomic E-state index is 0.116. The molecule has 0 radical (unpaired) electrons. The summed E-state index contributed by atoms with van der Waals surface area (Å²) in [6, 6.07) is -0.448. The van der Waals surface area contributed by atoms with Crippen molar-refractivity contribution in [3.05, 3.63) is 0 Å². The quantitative estimate of drug-likeness (QED) is 0.625. The summed E-state index contributed by atoms with van der Waals surface area (Å²) in [6.45, 7) is 0.578. The minimum atomic E-state index is -0.448. The van der Waals surface area contributed by atoms with Gasteiger partial charge in [-0.25, -0.2) is 0 Å². The fourth-order valence-corrected chi connectivity index (χ4v) is 6.50. The molecule has 0 spiro atoms. The number of hydrogen-bond acceptors (Lipinski definition) is 4. The summed E-state index contributed by atoms with van der Waals surface area (Å²) in [7, 11) is 0. The number of rotatable bonds is 6. The van der Waals surface area contributed by atoms with Gasteiger partial charge in [0, 0.05) is 13.1 Å². The van der Waals surface area contributed by atoms with Crippen molar-refractivity contribution in [3.8, 4) is 0 Å². The van der Waals surface area contributed by atoms with Gasteiger partial charge in [-0.3, -0.25) is 14.4 Å². The number of carbonyl (C=O) groups is 3. The second-order valence-corrected chi connectivity index (χ2v) is 9.15. The molecule has 0 aromatic heterocycles. The first-order valence-electron chi connectivity index (χ1n) is 10.5. The Morgan fingerprint density at radius 1 is 1.00 bits per heavy atom. The van der Waals surface area contributed by atoms with Crippen LogP contribution in [0.15, 0.2) is 0 Å². The van der Waals surface area contributed by atoms with Crippen LogP contribution in [0.3, 0.4) is 0 Å². The molecule has 27 heavy (non-hydrogen) atoms. The highest BCUT2D eigenvalue weighted by Crippen LogP contribution is 2.60. The molecule has 5 fully saturated rings. The molecule has 1 atom stereocenters. The summed E-state index contributed by atoms with van der Waals surface area (Å²) in [6.07, 6.45) is 8.40. The maximum atomic E-state index is 13.5. The van der Waals surface area contributed by atoms with Gasteiger partial charge in [-0.2, -0.15) is 0 Å². The Morgan fingerprint density at radius 2 is 1.63 bits per heavy atom. The molecule has 1 unspecified atom stereocenters. The van der Waals surface area contributed by atoms with Crippen molar-refractivity contribution < 1.29 is 19.5 Å². The Morgan fingerprint density at radius 3 is 2.22 bits per heavy atom. The number of carbonyl (C=O) groups excluding carboxylic acids is 3. The highest BCUT2D eigenvalue weighted by atomic mass is 16.3. The van der Waals surface area contributed by atoms with Gasteiger partial charge < -0.3 is 20.6 Å². The standard InChI is InChI=1S/C20H31N3O4/c24-5-3-21-17(25)12-22-18(26)16-2-1-4-23(16)19(27)20-9-13-6-14(10-20)8-15(7-13)11-20/h13-16,24H,1-12H2,(H,21,25)(H,22,26). The van der Waals surface area contributed by atoms with Crippen LogP contribution in [0.5, 0.6) is 0 Å². The molecule has 3 N–H and O–H groups in total. The number of amides is 3. The van der Waals surface area contributed by atoms with Crippen LogP contribution in [0.1, 0.15) is 51.4 Å². The molecule has 4 bridgehead atoms. The molecule has 0 aromatic carbocycles. The topological polar surface area (TPSA) is 98.7 Å². The summed E-state index contributed by atoms with van der Waals surface area (Å²) in [5.74, 6) is 1.74. The van der Waals surface area contributed by atoms with Gasteiger partial charge >= 0.3 is 0 Å². The molecule has 150 valence electrons. The third-order valence-corrected chi connectivity index (χ3v) is 7.17. The molecular weight excluding hydrogens is 346 g/mol. The Balaban J connectivity index is 1.39. The first kappa shape index (κ1) is 18.7. The smallest absolute Gasteiger partial charge is 0.243 e. The van der Waals surface area contributed by atoms with E-state index in [1.54, 1.807) is 0 Å². The molecule has 1 heterocycles. The van der Waals surface area contributed by atoms with E-state index in [0.717, 1.165) is 25.7 Å². The zero-order valence-electron chi connectivity index (χ0n) is 15.9. The van der Waals surface area contributed by atoms with E-state index >= 15 is 0 Å².